The number of hydrogen-bond donors (Lipinski definition) is 0. The van der Waals surface area contributed by atoms with Gasteiger partial charge < -0.3 is 4.74 Å². The van der Waals surface area contributed by atoms with Gasteiger partial charge in [0.05, 0.1) is 21.8 Å². The van der Waals surface area contributed by atoms with E-state index in [1.165, 1.54) is 11.3 Å². The molecule has 0 spiro atoms. The molecule has 19 heavy (non-hydrogen) atoms. The van der Waals surface area contributed by atoms with Crippen LogP contribution in [-0.4, -0.2) is 4.98 Å². The minimum absolute atomic E-state index is 0.557. The molecule has 0 aliphatic heterocycles. The normalized spacial score (nSPS) is 10.3. The number of fused-ring (bicyclic) bond motifs is 1. The summed E-state index contributed by atoms with van der Waals surface area (Å²) in [6.07, 6.45) is 0. The number of benzene rings is 2. The average Bonchev–Trinajstić information content (AvgIpc) is 2.81. The van der Waals surface area contributed by atoms with Crippen LogP contribution in [0.5, 0.6) is 10.9 Å². The summed E-state index contributed by atoms with van der Waals surface area (Å²) >= 11 is 7.37. The summed E-state index contributed by atoms with van der Waals surface area (Å²) in [5, 5.41) is 9.94. The highest BCUT2D eigenvalue weighted by molar-refractivity contribution is 7.20. The van der Waals surface area contributed by atoms with Crippen molar-refractivity contribution in [1.82, 2.24) is 4.98 Å². The Balaban J connectivity index is 1.90. The SMILES string of the molecule is N#Cc1ccc(Oc2nc3cc(Cl)ccc3s2)cc1. The van der Waals surface area contributed by atoms with Gasteiger partial charge in [0.15, 0.2) is 0 Å². The van der Waals surface area contributed by atoms with Crippen LogP contribution >= 0.6 is 22.9 Å². The number of nitriles is 1. The third-order valence-electron chi connectivity index (χ3n) is 2.52. The van der Waals surface area contributed by atoms with E-state index in [0.717, 1.165) is 10.2 Å². The average molecular weight is 287 g/mol. The predicted octanol–water partition coefficient (Wildman–Crippen LogP) is 4.61. The van der Waals surface area contributed by atoms with E-state index in [1.807, 2.05) is 12.1 Å². The Kier molecular flexibility index (Phi) is 3.08. The standard InChI is InChI=1S/C14H7ClN2OS/c15-10-3-6-13-12(7-10)17-14(19-13)18-11-4-1-9(8-16)2-5-11/h1-7H. The van der Waals surface area contributed by atoms with Gasteiger partial charge in [0.25, 0.3) is 5.19 Å². The molecule has 3 rings (SSSR count). The molecular formula is C14H7ClN2OS. The second-order valence-electron chi connectivity index (χ2n) is 3.83. The predicted molar refractivity (Wildman–Crippen MR) is 75.9 cm³/mol. The molecular weight excluding hydrogens is 280 g/mol. The van der Waals surface area contributed by atoms with Crippen molar-refractivity contribution in [3.05, 3.63) is 53.1 Å². The summed E-state index contributed by atoms with van der Waals surface area (Å²) in [6.45, 7) is 0. The van der Waals surface area contributed by atoms with Crippen molar-refractivity contribution in [3.63, 3.8) is 0 Å². The Morgan fingerprint density at radius 1 is 1.16 bits per heavy atom. The van der Waals surface area contributed by atoms with Gasteiger partial charge in [-0.25, -0.2) is 4.98 Å². The highest BCUT2D eigenvalue weighted by Gasteiger charge is 2.06. The molecule has 0 amide bonds. The molecule has 0 bridgehead atoms. The van der Waals surface area contributed by atoms with E-state index < -0.39 is 0 Å². The van der Waals surface area contributed by atoms with Crippen molar-refractivity contribution in [2.24, 2.45) is 0 Å². The molecule has 3 aromatic rings. The minimum atomic E-state index is 0.557. The number of aromatic nitrogens is 1. The molecule has 0 unspecified atom stereocenters. The molecule has 0 radical (unpaired) electrons. The third-order valence-corrected chi connectivity index (χ3v) is 3.67. The van der Waals surface area contributed by atoms with Crippen LogP contribution in [0.25, 0.3) is 10.2 Å². The highest BCUT2D eigenvalue weighted by Crippen LogP contribution is 2.32. The van der Waals surface area contributed by atoms with Gasteiger partial charge in [-0.3, -0.25) is 0 Å². The third kappa shape index (κ3) is 2.53. The first-order valence-electron chi connectivity index (χ1n) is 5.49. The van der Waals surface area contributed by atoms with E-state index in [0.29, 0.717) is 21.5 Å². The zero-order valence-electron chi connectivity index (χ0n) is 9.63. The second kappa shape index (κ2) is 4.88. The lowest BCUT2D eigenvalue weighted by atomic mass is 10.2. The number of halogens is 1. The Morgan fingerprint density at radius 2 is 1.95 bits per heavy atom. The Hall–Kier alpha value is -2.09. The van der Waals surface area contributed by atoms with E-state index >= 15 is 0 Å². The fourth-order valence-corrected chi connectivity index (χ4v) is 2.60. The zero-order valence-corrected chi connectivity index (χ0v) is 11.2. The van der Waals surface area contributed by atoms with Gasteiger partial charge in [0.1, 0.15) is 5.75 Å². The van der Waals surface area contributed by atoms with Crippen molar-refractivity contribution in [3.8, 4) is 17.0 Å². The monoisotopic (exact) mass is 286 g/mol. The van der Waals surface area contributed by atoms with Crippen LogP contribution in [0.2, 0.25) is 5.02 Å². The van der Waals surface area contributed by atoms with Gasteiger partial charge in [-0.2, -0.15) is 5.26 Å². The lowest BCUT2D eigenvalue weighted by Gasteiger charge is -2.00. The number of hydrogen-bond acceptors (Lipinski definition) is 4. The molecule has 0 saturated heterocycles. The molecule has 5 heteroatoms. The molecule has 0 aliphatic carbocycles. The van der Waals surface area contributed by atoms with Crippen molar-refractivity contribution in [2.45, 2.75) is 0 Å². The Morgan fingerprint density at radius 3 is 2.68 bits per heavy atom. The van der Waals surface area contributed by atoms with Gasteiger partial charge >= 0.3 is 0 Å². The summed E-state index contributed by atoms with van der Waals surface area (Å²) in [6, 6.07) is 14.5. The van der Waals surface area contributed by atoms with Crippen LogP contribution in [0.3, 0.4) is 0 Å². The largest absolute Gasteiger partial charge is 0.431 e. The van der Waals surface area contributed by atoms with Crippen LogP contribution in [-0.2, 0) is 0 Å². The molecule has 92 valence electrons. The first-order valence-corrected chi connectivity index (χ1v) is 6.68. The van der Waals surface area contributed by atoms with Crippen molar-refractivity contribution in [1.29, 1.82) is 5.26 Å². The van der Waals surface area contributed by atoms with Gasteiger partial charge in [-0.15, -0.1) is 0 Å². The van der Waals surface area contributed by atoms with E-state index in [9.17, 15) is 0 Å². The van der Waals surface area contributed by atoms with E-state index in [-0.39, 0.29) is 0 Å². The molecule has 0 aliphatic rings. The van der Waals surface area contributed by atoms with Crippen LogP contribution in [0.4, 0.5) is 0 Å². The fourth-order valence-electron chi connectivity index (χ4n) is 1.62. The molecule has 0 atom stereocenters. The number of rotatable bonds is 2. The molecule has 1 aromatic heterocycles. The van der Waals surface area contributed by atoms with Gasteiger partial charge in [-0.1, -0.05) is 22.9 Å². The lowest BCUT2D eigenvalue weighted by Crippen LogP contribution is -1.83. The maximum Gasteiger partial charge on any atom is 0.279 e. The number of nitrogens with zero attached hydrogens (tertiary/aromatic N) is 2. The zero-order chi connectivity index (χ0) is 13.2. The summed E-state index contributed by atoms with van der Waals surface area (Å²) < 4.78 is 6.68. The van der Waals surface area contributed by atoms with Crippen molar-refractivity contribution < 1.29 is 4.74 Å². The molecule has 1 heterocycles. The molecule has 0 saturated carbocycles. The molecule has 3 nitrogen and oxygen atoms in total. The maximum atomic E-state index is 8.73. The van der Waals surface area contributed by atoms with Crippen molar-refractivity contribution >= 4 is 33.2 Å². The second-order valence-corrected chi connectivity index (χ2v) is 5.26. The van der Waals surface area contributed by atoms with E-state index in [4.69, 9.17) is 21.6 Å². The van der Waals surface area contributed by atoms with Gasteiger partial charge in [-0.05, 0) is 42.5 Å². The minimum Gasteiger partial charge on any atom is -0.431 e. The van der Waals surface area contributed by atoms with Crippen LogP contribution in [0.15, 0.2) is 42.5 Å². The van der Waals surface area contributed by atoms with E-state index in [1.54, 1.807) is 30.3 Å². The summed E-state index contributed by atoms with van der Waals surface area (Å²) in [5.74, 6) is 0.657. The summed E-state index contributed by atoms with van der Waals surface area (Å²) in [4.78, 5) is 4.36. The smallest absolute Gasteiger partial charge is 0.279 e. The van der Waals surface area contributed by atoms with Gasteiger partial charge in [0, 0.05) is 5.02 Å². The maximum absolute atomic E-state index is 8.73. The lowest BCUT2D eigenvalue weighted by molar-refractivity contribution is 0.480. The first-order chi connectivity index (χ1) is 9.24. The Bertz CT molecular complexity index is 774. The van der Waals surface area contributed by atoms with Crippen molar-refractivity contribution in [2.75, 3.05) is 0 Å². The quantitative estimate of drug-likeness (QED) is 0.691. The molecule has 2 aromatic carbocycles. The highest BCUT2D eigenvalue weighted by atomic mass is 35.5. The first kappa shape index (κ1) is 12.0. The van der Waals surface area contributed by atoms with Crippen LogP contribution in [0.1, 0.15) is 5.56 Å². The summed E-state index contributed by atoms with van der Waals surface area (Å²) in [7, 11) is 0. The summed E-state index contributed by atoms with van der Waals surface area (Å²) in [5.41, 5.74) is 1.42. The topological polar surface area (TPSA) is 45.9 Å². The molecule has 0 N–H and O–H groups in total. The Labute approximate surface area is 118 Å². The number of thiazole rings is 1. The molecule has 0 fully saturated rings. The van der Waals surface area contributed by atoms with E-state index in [2.05, 4.69) is 11.1 Å². The van der Waals surface area contributed by atoms with Gasteiger partial charge in [0.2, 0.25) is 0 Å². The van der Waals surface area contributed by atoms with Crippen LogP contribution in [0, 0.1) is 11.3 Å². The number of ether oxygens (including phenoxy) is 1. The van der Waals surface area contributed by atoms with Crippen LogP contribution < -0.4 is 4.74 Å². The fraction of sp³-hybridized carbons (Fsp3) is 0.